The van der Waals surface area contributed by atoms with Crippen molar-refractivity contribution in [2.45, 2.75) is 76.8 Å². The van der Waals surface area contributed by atoms with Gasteiger partial charge >= 0.3 is 0 Å². The zero-order valence-electron chi connectivity index (χ0n) is 10.8. The Balaban J connectivity index is 2.53. The highest BCUT2D eigenvalue weighted by Gasteiger charge is 2.39. The number of hydrogen-bond acceptors (Lipinski definition) is 2. The quantitative estimate of drug-likeness (QED) is 0.738. The largest absolute Gasteiger partial charge is 0.414 e. The molecule has 0 aromatic carbocycles. The van der Waals surface area contributed by atoms with Crippen molar-refractivity contribution in [3.8, 4) is 0 Å². The second-order valence-electron chi connectivity index (χ2n) is 6.32. The van der Waals surface area contributed by atoms with Crippen molar-refractivity contribution in [1.29, 1.82) is 0 Å². The maximum atomic E-state index is 9.61. The molecule has 1 rings (SSSR count). The van der Waals surface area contributed by atoms with Crippen LogP contribution in [0.3, 0.4) is 0 Å². The maximum Gasteiger partial charge on any atom is 0.192 e. The third-order valence-corrected chi connectivity index (χ3v) is 8.40. The molecule has 1 aliphatic rings. The van der Waals surface area contributed by atoms with E-state index < -0.39 is 8.32 Å². The lowest BCUT2D eigenvalue weighted by Crippen LogP contribution is -2.45. The summed E-state index contributed by atoms with van der Waals surface area (Å²) in [5.74, 6) is 0. The fourth-order valence-corrected chi connectivity index (χ4v) is 3.22. The van der Waals surface area contributed by atoms with E-state index >= 15 is 0 Å². The van der Waals surface area contributed by atoms with Gasteiger partial charge in [0.05, 0.1) is 6.10 Å². The summed E-state index contributed by atoms with van der Waals surface area (Å²) in [4.78, 5) is 0. The minimum atomic E-state index is -1.63. The van der Waals surface area contributed by atoms with Crippen molar-refractivity contribution in [1.82, 2.24) is 0 Å². The zero-order chi connectivity index (χ0) is 11.7. The average Bonchev–Trinajstić information content (AvgIpc) is 2.00. The first kappa shape index (κ1) is 13.2. The molecular formula is C12H26O2Si. The molecule has 1 unspecified atom stereocenters. The van der Waals surface area contributed by atoms with Crippen LogP contribution in [0.15, 0.2) is 0 Å². The third-order valence-electron chi connectivity index (χ3n) is 3.87. The lowest BCUT2D eigenvalue weighted by Gasteiger charge is -2.41. The normalized spacial score (nSPS) is 29.2. The molecule has 15 heavy (non-hydrogen) atoms. The van der Waals surface area contributed by atoms with Gasteiger partial charge in [0.25, 0.3) is 0 Å². The highest BCUT2D eigenvalue weighted by atomic mass is 28.4. The monoisotopic (exact) mass is 230 g/mol. The van der Waals surface area contributed by atoms with Crippen molar-refractivity contribution >= 4 is 8.32 Å². The Hall–Kier alpha value is 0.137. The molecule has 0 aromatic heterocycles. The first-order valence-corrected chi connectivity index (χ1v) is 8.99. The molecule has 0 saturated heterocycles. The highest BCUT2D eigenvalue weighted by molar-refractivity contribution is 6.74. The van der Waals surface area contributed by atoms with Gasteiger partial charge < -0.3 is 9.53 Å². The van der Waals surface area contributed by atoms with Crippen LogP contribution in [0.25, 0.3) is 0 Å². The first-order valence-electron chi connectivity index (χ1n) is 6.08. The Labute approximate surface area is 95.2 Å². The molecule has 0 aromatic rings. The summed E-state index contributed by atoms with van der Waals surface area (Å²) in [6, 6.07) is 0. The molecule has 0 heterocycles. The number of aliphatic hydroxyl groups excluding tert-OH is 1. The molecule has 1 aliphatic carbocycles. The SMILES string of the molecule is CC(C)(C)[Si](C)(C)O[C@@H]1CCCC(O)C1. The minimum Gasteiger partial charge on any atom is -0.414 e. The molecule has 0 spiro atoms. The van der Waals surface area contributed by atoms with Crippen molar-refractivity contribution in [3.63, 3.8) is 0 Å². The Kier molecular flexibility index (Phi) is 4.01. The predicted octanol–water partition coefficient (Wildman–Crippen LogP) is 3.31. The van der Waals surface area contributed by atoms with E-state index in [1.165, 1.54) is 0 Å². The van der Waals surface area contributed by atoms with Crippen molar-refractivity contribution in [2.75, 3.05) is 0 Å². The molecule has 2 atom stereocenters. The smallest absolute Gasteiger partial charge is 0.192 e. The summed E-state index contributed by atoms with van der Waals surface area (Å²) in [6.45, 7) is 11.4. The van der Waals surface area contributed by atoms with Gasteiger partial charge in [-0.05, 0) is 43.8 Å². The molecule has 0 bridgehead atoms. The van der Waals surface area contributed by atoms with E-state index in [0.29, 0.717) is 6.10 Å². The third kappa shape index (κ3) is 3.57. The molecule has 0 radical (unpaired) electrons. The van der Waals surface area contributed by atoms with E-state index in [4.69, 9.17) is 4.43 Å². The fraction of sp³-hybridized carbons (Fsp3) is 1.00. The van der Waals surface area contributed by atoms with E-state index in [-0.39, 0.29) is 11.1 Å². The van der Waals surface area contributed by atoms with E-state index in [1.54, 1.807) is 0 Å². The summed E-state index contributed by atoms with van der Waals surface area (Å²) in [7, 11) is -1.63. The van der Waals surface area contributed by atoms with E-state index in [9.17, 15) is 5.11 Å². The Morgan fingerprint density at radius 3 is 2.27 bits per heavy atom. The zero-order valence-corrected chi connectivity index (χ0v) is 11.8. The molecule has 0 amide bonds. The fourth-order valence-electron chi connectivity index (χ4n) is 1.82. The van der Waals surface area contributed by atoms with E-state index in [1.807, 2.05) is 0 Å². The molecule has 1 fully saturated rings. The highest BCUT2D eigenvalue weighted by Crippen LogP contribution is 2.39. The van der Waals surface area contributed by atoms with E-state index in [0.717, 1.165) is 25.7 Å². The predicted molar refractivity (Wildman–Crippen MR) is 66.5 cm³/mol. The van der Waals surface area contributed by atoms with E-state index in [2.05, 4.69) is 33.9 Å². The second kappa shape index (κ2) is 4.56. The van der Waals surface area contributed by atoms with Gasteiger partial charge in [0.1, 0.15) is 0 Å². The summed E-state index contributed by atoms with van der Waals surface area (Å²) >= 11 is 0. The summed E-state index contributed by atoms with van der Waals surface area (Å²) in [5, 5.41) is 9.89. The summed E-state index contributed by atoms with van der Waals surface area (Å²) in [5.41, 5.74) is 0. The standard InChI is InChI=1S/C12H26O2Si/c1-12(2,3)15(4,5)14-11-8-6-7-10(13)9-11/h10-11,13H,6-9H2,1-5H3/t10?,11-/m1/s1. The van der Waals surface area contributed by atoms with Crippen LogP contribution in [0.2, 0.25) is 18.1 Å². The maximum absolute atomic E-state index is 9.61. The molecule has 0 aliphatic heterocycles. The van der Waals surface area contributed by atoms with Crippen LogP contribution < -0.4 is 0 Å². The van der Waals surface area contributed by atoms with Crippen LogP contribution in [0.5, 0.6) is 0 Å². The van der Waals surface area contributed by atoms with Crippen LogP contribution in [0, 0.1) is 0 Å². The Morgan fingerprint density at radius 2 is 1.80 bits per heavy atom. The van der Waals surface area contributed by atoms with Gasteiger partial charge in [0.15, 0.2) is 8.32 Å². The summed E-state index contributed by atoms with van der Waals surface area (Å²) < 4.78 is 6.29. The topological polar surface area (TPSA) is 29.5 Å². The number of hydrogen-bond donors (Lipinski definition) is 1. The minimum absolute atomic E-state index is 0.131. The van der Waals surface area contributed by atoms with Crippen LogP contribution in [-0.2, 0) is 4.43 Å². The van der Waals surface area contributed by atoms with Crippen molar-refractivity contribution in [2.24, 2.45) is 0 Å². The van der Waals surface area contributed by atoms with Crippen LogP contribution in [-0.4, -0.2) is 25.6 Å². The van der Waals surface area contributed by atoms with Gasteiger partial charge in [-0.1, -0.05) is 20.8 Å². The molecule has 3 heteroatoms. The van der Waals surface area contributed by atoms with Gasteiger partial charge in [-0.25, -0.2) is 0 Å². The van der Waals surface area contributed by atoms with Crippen LogP contribution >= 0.6 is 0 Å². The molecule has 1 saturated carbocycles. The lowest BCUT2D eigenvalue weighted by molar-refractivity contribution is 0.0465. The van der Waals surface area contributed by atoms with Gasteiger partial charge in [0, 0.05) is 6.10 Å². The molecular weight excluding hydrogens is 204 g/mol. The lowest BCUT2D eigenvalue weighted by atomic mass is 9.95. The van der Waals surface area contributed by atoms with Gasteiger partial charge in [-0.2, -0.15) is 0 Å². The van der Waals surface area contributed by atoms with Crippen LogP contribution in [0.1, 0.15) is 46.5 Å². The van der Waals surface area contributed by atoms with Gasteiger partial charge in [0.2, 0.25) is 0 Å². The average molecular weight is 230 g/mol. The van der Waals surface area contributed by atoms with Crippen LogP contribution in [0.4, 0.5) is 0 Å². The van der Waals surface area contributed by atoms with Gasteiger partial charge in [-0.3, -0.25) is 0 Å². The number of rotatable bonds is 2. The van der Waals surface area contributed by atoms with Crippen molar-refractivity contribution in [3.05, 3.63) is 0 Å². The Morgan fingerprint density at radius 1 is 1.20 bits per heavy atom. The summed E-state index contributed by atoms with van der Waals surface area (Å²) in [6.07, 6.45) is 4.21. The molecule has 90 valence electrons. The second-order valence-corrected chi connectivity index (χ2v) is 11.1. The van der Waals surface area contributed by atoms with Gasteiger partial charge in [-0.15, -0.1) is 0 Å². The Bertz CT molecular complexity index is 208. The van der Waals surface area contributed by atoms with Crippen molar-refractivity contribution < 1.29 is 9.53 Å². The number of aliphatic hydroxyl groups is 1. The molecule has 1 N–H and O–H groups in total. The molecule has 2 nitrogen and oxygen atoms in total. The first-order chi connectivity index (χ1) is 6.72.